The topological polar surface area (TPSA) is 71.3 Å². The van der Waals surface area contributed by atoms with Crippen molar-refractivity contribution in [3.8, 4) is 0 Å². The van der Waals surface area contributed by atoms with E-state index in [0.29, 0.717) is 11.9 Å². The average Bonchev–Trinajstić information content (AvgIpc) is 2.39. The van der Waals surface area contributed by atoms with Crippen LogP contribution in [0.25, 0.3) is 0 Å². The molecule has 0 unspecified atom stereocenters. The fourth-order valence-electron chi connectivity index (χ4n) is 2.15. The second kappa shape index (κ2) is 5.09. The number of nitro groups is 1. The molecule has 2 heterocycles. The van der Waals surface area contributed by atoms with Gasteiger partial charge in [0.1, 0.15) is 0 Å². The first-order chi connectivity index (χ1) is 8.22. The quantitative estimate of drug-likeness (QED) is 0.630. The summed E-state index contributed by atoms with van der Waals surface area (Å²) in [5.74, 6) is 0.493. The van der Waals surface area contributed by atoms with E-state index in [9.17, 15) is 10.1 Å². The van der Waals surface area contributed by atoms with Crippen LogP contribution in [0, 0.1) is 10.1 Å². The SMILES string of the molecule is CNC1CCN(c2ncccc2[N+](=O)[O-])CC1. The maximum Gasteiger partial charge on any atom is 0.311 e. The standard InChI is InChI=1S/C11H16N4O2/c1-12-9-4-7-14(8-5-9)11-10(15(16)17)3-2-6-13-11/h2-3,6,9,12H,4-5,7-8H2,1H3. The molecular weight excluding hydrogens is 220 g/mol. The van der Waals surface area contributed by atoms with Gasteiger partial charge in [-0.1, -0.05) is 0 Å². The molecule has 1 saturated heterocycles. The lowest BCUT2D eigenvalue weighted by molar-refractivity contribution is -0.384. The number of hydrogen-bond acceptors (Lipinski definition) is 5. The first kappa shape index (κ1) is 11.8. The van der Waals surface area contributed by atoms with Crippen molar-refractivity contribution in [3.05, 3.63) is 28.4 Å². The summed E-state index contributed by atoms with van der Waals surface area (Å²) in [5, 5.41) is 14.1. The molecule has 1 aliphatic heterocycles. The molecule has 0 radical (unpaired) electrons. The summed E-state index contributed by atoms with van der Waals surface area (Å²) in [5.41, 5.74) is 0.0930. The number of nitrogens with zero attached hydrogens (tertiary/aromatic N) is 3. The second-order valence-corrected chi connectivity index (χ2v) is 4.15. The molecule has 1 fully saturated rings. The van der Waals surface area contributed by atoms with E-state index in [1.165, 1.54) is 6.07 Å². The fourth-order valence-corrected chi connectivity index (χ4v) is 2.15. The van der Waals surface area contributed by atoms with Crippen molar-refractivity contribution in [1.82, 2.24) is 10.3 Å². The van der Waals surface area contributed by atoms with Crippen LogP contribution < -0.4 is 10.2 Å². The van der Waals surface area contributed by atoms with Crippen molar-refractivity contribution in [2.24, 2.45) is 0 Å². The maximum absolute atomic E-state index is 10.9. The first-order valence-corrected chi connectivity index (χ1v) is 5.74. The minimum Gasteiger partial charge on any atom is -0.351 e. The molecule has 1 aromatic rings. The Hall–Kier alpha value is -1.69. The van der Waals surface area contributed by atoms with E-state index < -0.39 is 0 Å². The molecule has 1 aromatic heterocycles. The Morgan fingerprint density at radius 2 is 2.24 bits per heavy atom. The number of hydrogen-bond donors (Lipinski definition) is 1. The van der Waals surface area contributed by atoms with Crippen molar-refractivity contribution < 1.29 is 4.92 Å². The Bertz CT molecular complexity index is 402. The van der Waals surface area contributed by atoms with Crippen LogP contribution in [0.1, 0.15) is 12.8 Å². The normalized spacial score (nSPS) is 17.1. The molecule has 2 rings (SSSR count). The number of pyridine rings is 1. The van der Waals surface area contributed by atoms with Crippen LogP contribution in [-0.2, 0) is 0 Å². The van der Waals surface area contributed by atoms with Gasteiger partial charge in [0.05, 0.1) is 4.92 Å². The van der Waals surface area contributed by atoms with E-state index in [1.807, 2.05) is 11.9 Å². The van der Waals surface area contributed by atoms with E-state index >= 15 is 0 Å². The van der Waals surface area contributed by atoms with Crippen LogP contribution in [0.5, 0.6) is 0 Å². The summed E-state index contributed by atoms with van der Waals surface area (Å²) >= 11 is 0. The molecule has 92 valence electrons. The molecule has 0 amide bonds. The molecular formula is C11H16N4O2. The van der Waals surface area contributed by atoms with E-state index in [1.54, 1.807) is 12.3 Å². The fraction of sp³-hybridized carbons (Fsp3) is 0.545. The van der Waals surface area contributed by atoms with Gasteiger partial charge in [-0.05, 0) is 26.0 Å². The molecule has 0 saturated carbocycles. The van der Waals surface area contributed by atoms with Crippen LogP contribution in [0.15, 0.2) is 18.3 Å². The van der Waals surface area contributed by atoms with Crippen LogP contribution in [-0.4, -0.2) is 36.1 Å². The van der Waals surface area contributed by atoms with Crippen molar-refractivity contribution >= 4 is 11.5 Å². The van der Waals surface area contributed by atoms with Gasteiger partial charge in [-0.15, -0.1) is 0 Å². The van der Waals surface area contributed by atoms with Gasteiger partial charge in [0.15, 0.2) is 0 Å². The lowest BCUT2D eigenvalue weighted by Crippen LogP contribution is -2.41. The van der Waals surface area contributed by atoms with Gasteiger partial charge < -0.3 is 10.2 Å². The zero-order chi connectivity index (χ0) is 12.3. The third-order valence-corrected chi connectivity index (χ3v) is 3.17. The van der Waals surface area contributed by atoms with Crippen LogP contribution in [0.4, 0.5) is 11.5 Å². The zero-order valence-electron chi connectivity index (χ0n) is 9.80. The molecule has 6 heteroatoms. The molecule has 0 atom stereocenters. The Balaban J connectivity index is 2.15. The van der Waals surface area contributed by atoms with Gasteiger partial charge in [0.25, 0.3) is 0 Å². The highest BCUT2D eigenvalue weighted by molar-refractivity contribution is 5.57. The van der Waals surface area contributed by atoms with E-state index in [0.717, 1.165) is 25.9 Å². The predicted molar refractivity (Wildman–Crippen MR) is 65.2 cm³/mol. The maximum atomic E-state index is 10.9. The Labute approximate surface area is 99.8 Å². The second-order valence-electron chi connectivity index (χ2n) is 4.15. The molecule has 0 aliphatic carbocycles. The summed E-state index contributed by atoms with van der Waals surface area (Å²) in [6.45, 7) is 1.62. The van der Waals surface area contributed by atoms with E-state index in [-0.39, 0.29) is 10.6 Å². The molecule has 6 nitrogen and oxygen atoms in total. The molecule has 0 aromatic carbocycles. The Morgan fingerprint density at radius 3 is 2.82 bits per heavy atom. The average molecular weight is 236 g/mol. The van der Waals surface area contributed by atoms with Gasteiger partial charge >= 0.3 is 5.69 Å². The number of aromatic nitrogens is 1. The summed E-state index contributed by atoms with van der Waals surface area (Å²) in [6.07, 6.45) is 3.58. The van der Waals surface area contributed by atoms with Crippen LogP contribution in [0.2, 0.25) is 0 Å². The summed E-state index contributed by atoms with van der Waals surface area (Å²) in [7, 11) is 1.95. The van der Waals surface area contributed by atoms with Crippen molar-refractivity contribution in [3.63, 3.8) is 0 Å². The highest BCUT2D eigenvalue weighted by atomic mass is 16.6. The smallest absolute Gasteiger partial charge is 0.311 e. The molecule has 0 bridgehead atoms. The molecule has 1 aliphatic rings. The summed E-state index contributed by atoms with van der Waals surface area (Å²) in [6, 6.07) is 3.61. The minimum atomic E-state index is -0.369. The van der Waals surface area contributed by atoms with Gasteiger partial charge in [-0.3, -0.25) is 10.1 Å². The monoisotopic (exact) mass is 236 g/mol. The Morgan fingerprint density at radius 1 is 1.53 bits per heavy atom. The lowest BCUT2D eigenvalue weighted by atomic mass is 10.1. The first-order valence-electron chi connectivity index (χ1n) is 5.74. The van der Waals surface area contributed by atoms with Gasteiger partial charge in [-0.2, -0.15) is 0 Å². The number of piperidine rings is 1. The highest BCUT2D eigenvalue weighted by Gasteiger charge is 2.24. The highest BCUT2D eigenvalue weighted by Crippen LogP contribution is 2.27. The van der Waals surface area contributed by atoms with E-state index in [4.69, 9.17) is 0 Å². The third kappa shape index (κ3) is 2.52. The number of nitrogens with one attached hydrogen (secondary N) is 1. The largest absolute Gasteiger partial charge is 0.351 e. The Kier molecular flexibility index (Phi) is 3.53. The minimum absolute atomic E-state index is 0.0930. The third-order valence-electron chi connectivity index (χ3n) is 3.17. The zero-order valence-corrected chi connectivity index (χ0v) is 9.80. The van der Waals surface area contributed by atoms with Crippen LogP contribution in [0.3, 0.4) is 0 Å². The van der Waals surface area contributed by atoms with Crippen molar-refractivity contribution in [2.75, 3.05) is 25.0 Å². The van der Waals surface area contributed by atoms with Crippen LogP contribution >= 0.6 is 0 Å². The molecule has 17 heavy (non-hydrogen) atoms. The summed E-state index contributed by atoms with van der Waals surface area (Å²) < 4.78 is 0. The summed E-state index contributed by atoms with van der Waals surface area (Å²) in [4.78, 5) is 16.7. The van der Waals surface area contributed by atoms with Gasteiger partial charge in [0.2, 0.25) is 5.82 Å². The number of rotatable bonds is 3. The van der Waals surface area contributed by atoms with Crippen molar-refractivity contribution in [1.29, 1.82) is 0 Å². The molecule has 1 N–H and O–H groups in total. The lowest BCUT2D eigenvalue weighted by Gasteiger charge is -2.32. The number of anilines is 1. The van der Waals surface area contributed by atoms with Crippen molar-refractivity contribution in [2.45, 2.75) is 18.9 Å². The van der Waals surface area contributed by atoms with Gasteiger partial charge in [0, 0.05) is 31.4 Å². The van der Waals surface area contributed by atoms with Gasteiger partial charge in [-0.25, -0.2) is 4.98 Å². The molecule has 0 spiro atoms. The predicted octanol–water partition coefficient (Wildman–Crippen LogP) is 1.18. The van der Waals surface area contributed by atoms with E-state index in [2.05, 4.69) is 10.3 Å².